The van der Waals surface area contributed by atoms with E-state index in [9.17, 15) is 0 Å². The van der Waals surface area contributed by atoms with Crippen molar-refractivity contribution >= 4 is 39.6 Å². The standard InChI is InChI=1S/C10H11IN4/c1-10(2-3-10)7-6-5(11)4-13-8(6)15-9(12)14-7/h4H,2-3H2,1H3,(H3,12,13,14,15). The van der Waals surface area contributed by atoms with E-state index in [4.69, 9.17) is 5.73 Å². The molecule has 0 radical (unpaired) electrons. The predicted octanol–water partition coefficient (Wildman–Crippen LogP) is 2.20. The van der Waals surface area contributed by atoms with E-state index in [0.717, 1.165) is 16.7 Å². The number of nitrogens with two attached hydrogens (primary N) is 1. The first kappa shape index (κ1) is 9.38. The van der Waals surface area contributed by atoms with Gasteiger partial charge in [-0.25, -0.2) is 4.98 Å². The summed E-state index contributed by atoms with van der Waals surface area (Å²) < 4.78 is 1.17. The van der Waals surface area contributed by atoms with Crippen LogP contribution in [0.15, 0.2) is 6.20 Å². The van der Waals surface area contributed by atoms with Crippen molar-refractivity contribution in [1.29, 1.82) is 0 Å². The molecule has 2 aromatic rings. The number of nitrogen functional groups attached to an aromatic ring is 1. The van der Waals surface area contributed by atoms with Crippen LogP contribution in [0.5, 0.6) is 0 Å². The molecule has 5 heteroatoms. The highest BCUT2D eigenvalue weighted by atomic mass is 127. The van der Waals surface area contributed by atoms with Crippen LogP contribution < -0.4 is 5.73 Å². The molecular weight excluding hydrogens is 303 g/mol. The van der Waals surface area contributed by atoms with Crippen LogP contribution in [0.2, 0.25) is 0 Å². The lowest BCUT2D eigenvalue weighted by atomic mass is 10.0. The quantitative estimate of drug-likeness (QED) is 0.793. The summed E-state index contributed by atoms with van der Waals surface area (Å²) in [6, 6.07) is 0. The van der Waals surface area contributed by atoms with E-state index >= 15 is 0 Å². The Balaban J connectivity index is 2.39. The van der Waals surface area contributed by atoms with Gasteiger partial charge >= 0.3 is 0 Å². The first-order chi connectivity index (χ1) is 7.10. The lowest BCUT2D eigenvalue weighted by Gasteiger charge is -2.09. The summed E-state index contributed by atoms with van der Waals surface area (Å²) in [5.41, 5.74) is 7.90. The number of H-pyrrole nitrogens is 1. The number of halogens is 1. The smallest absolute Gasteiger partial charge is 0.222 e. The second kappa shape index (κ2) is 2.84. The third-order valence-corrected chi connectivity index (χ3v) is 3.92. The molecule has 2 heterocycles. The average Bonchev–Trinajstić information content (AvgIpc) is 2.83. The van der Waals surface area contributed by atoms with Gasteiger partial charge in [0.25, 0.3) is 0 Å². The number of anilines is 1. The van der Waals surface area contributed by atoms with Gasteiger partial charge in [0.15, 0.2) is 0 Å². The topological polar surface area (TPSA) is 67.6 Å². The molecule has 1 saturated carbocycles. The van der Waals surface area contributed by atoms with Crippen LogP contribution in [0.3, 0.4) is 0 Å². The second-order valence-electron chi connectivity index (χ2n) is 4.35. The largest absolute Gasteiger partial charge is 0.368 e. The molecule has 3 N–H and O–H groups in total. The number of hydrogen-bond acceptors (Lipinski definition) is 3. The first-order valence-electron chi connectivity index (χ1n) is 4.91. The number of nitrogens with one attached hydrogen (secondary N) is 1. The summed E-state index contributed by atoms with van der Waals surface area (Å²) in [7, 11) is 0. The zero-order chi connectivity index (χ0) is 10.6. The predicted molar refractivity (Wildman–Crippen MR) is 67.6 cm³/mol. The van der Waals surface area contributed by atoms with Crippen molar-refractivity contribution in [2.45, 2.75) is 25.2 Å². The number of rotatable bonds is 1. The van der Waals surface area contributed by atoms with E-state index in [1.807, 2.05) is 6.20 Å². The molecule has 0 aromatic carbocycles. The fraction of sp³-hybridized carbons (Fsp3) is 0.400. The highest BCUT2D eigenvalue weighted by Crippen LogP contribution is 2.49. The van der Waals surface area contributed by atoms with Crippen LogP contribution in [0, 0.1) is 3.57 Å². The minimum atomic E-state index is 0.220. The molecule has 2 aromatic heterocycles. The number of fused-ring (bicyclic) bond motifs is 1. The highest BCUT2D eigenvalue weighted by molar-refractivity contribution is 14.1. The minimum Gasteiger partial charge on any atom is -0.368 e. The minimum absolute atomic E-state index is 0.220. The lowest BCUT2D eigenvalue weighted by molar-refractivity contribution is 0.759. The Labute approximate surface area is 101 Å². The number of hydrogen-bond donors (Lipinski definition) is 2. The average molecular weight is 314 g/mol. The van der Waals surface area contributed by atoms with Gasteiger partial charge in [-0.15, -0.1) is 0 Å². The molecule has 0 aliphatic heterocycles. The van der Waals surface area contributed by atoms with Gasteiger partial charge in [-0.3, -0.25) is 0 Å². The van der Waals surface area contributed by atoms with Gasteiger partial charge in [0.1, 0.15) is 5.65 Å². The normalized spacial score (nSPS) is 18.3. The fourth-order valence-electron chi connectivity index (χ4n) is 1.87. The van der Waals surface area contributed by atoms with E-state index in [2.05, 4.69) is 44.5 Å². The van der Waals surface area contributed by atoms with E-state index in [1.54, 1.807) is 0 Å². The second-order valence-corrected chi connectivity index (χ2v) is 5.51. The zero-order valence-electron chi connectivity index (χ0n) is 8.34. The molecule has 0 saturated heterocycles. The summed E-state index contributed by atoms with van der Waals surface area (Å²) in [5.74, 6) is 0.365. The third-order valence-electron chi connectivity index (χ3n) is 3.07. The molecule has 0 unspecified atom stereocenters. The number of aromatic amines is 1. The van der Waals surface area contributed by atoms with E-state index in [0.29, 0.717) is 5.95 Å². The molecular formula is C10H11IN4. The molecule has 4 nitrogen and oxygen atoms in total. The van der Waals surface area contributed by atoms with Crippen molar-refractivity contribution in [2.75, 3.05) is 5.73 Å². The van der Waals surface area contributed by atoms with Gasteiger partial charge in [0, 0.05) is 15.2 Å². The Kier molecular flexibility index (Phi) is 1.78. The molecule has 1 fully saturated rings. The van der Waals surface area contributed by atoms with Gasteiger partial charge in [0.2, 0.25) is 5.95 Å². The van der Waals surface area contributed by atoms with Crippen molar-refractivity contribution < 1.29 is 0 Å². The van der Waals surface area contributed by atoms with Gasteiger partial charge in [0.05, 0.1) is 11.1 Å². The molecule has 0 atom stereocenters. The molecule has 3 rings (SSSR count). The van der Waals surface area contributed by atoms with Crippen molar-refractivity contribution in [3.63, 3.8) is 0 Å². The fourth-order valence-corrected chi connectivity index (χ4v) is 2.54. The van der Waals surface area contributed by atoms with Gasteiger partial charge in [-0.05, 0) is 35.4 Å². The lowest BCUT2D eigenvalue weighted by Crippen LogP contribution is -2.08. The van der Waals surface area contributed by atoms with Crippen LogP contribution >= 0.6 is 22.6 Å². The summed E-state index contributed by atoms with van der Waals surface area (Å²) in [6.07, 6.45) is 4.34. The molecule has 0 bridgehead atoms. The molecule has 0 amide bonds. The van der Waals surface area contributed by atoms with E-state index in [-0.39, 0.29) is 5.41 Å². The summed E-state index contributed by atoms with van der Waals surface area (Å²) in [5, 5.41) is 1.14. The SMILES string of the molecule is CC1(c2nc(N)nc3[nH]cc(I)c23)CC1. The number of aromatic nitrogens is 3. The number of nitrogens with zero attached hydrogens (tertiary/aromatic N) is 2. The Morgan fingerprint density at radius 3 is 2.87 bits per heavy atom. The summed E-state index contributed by atoms with van der Waals surface area (Å²) in [6.45, 7) is 2.23. The highest BCUT2D eigenvalue weighted by Gasteiger charge is 2.42. The Bertz CT molecular complexity index is 542. The van der Waals surface area contributed by atoms with Crippen molar-refractivity contribution in [2.24, 2.45) is 0 Å². The van der Waals surface area contributed by atoms with Crippen molar-refractivity contribution in [3.05, 3.63) is 15.5 Å². The third kappa shape index (κ3) is 1.32. The maximum Gasteiger partial charge on any atom is 0.222 e. The van der Waals surface area contributed by atoms with Gasteiger partial charge < -0.3 is 10.7 Å². The molecule has 0 spiro atoms. The van der Waals surface area contributed by atoms with Crippen LogP contribution in [-0.2, 0) is 5.41 Å². The Morgan fingerprint density at radius 2 is 2.20 bits per heavy atom. The van der Waals surface area contributed by atoms with Crippen molar-refractivity contribution in [3.8, 4) is 0 Å². The van der Waals surface area contributed by atoms with Crippen LogP contribution in [0.25, 0.3) is 11.0 Å². The van der Waals surface area contributed by atoms with Gasteiger partial charge in [-0.1, -0.05) is 6.92 Å². The van der Waals surface area contributed by atoms with Crippen LogP contribution in [0.1, 0.15) is 25.5 Å². The maximum absolute atomic E-state index is 5.71. The molecule has 78 valence electrons. The molecule has 1 aliphatic rings. The van der Waals surface area contributed by atoms with Crippen LogP contribution in [-0.4, -0.2) is 15.0 Å². The zero-order valence-corrected chi connectivity index (χ0v) is 10.5. The van der Waals surface area contributed by atoms with Crippen LogP contribution in [0.4, 0.5) is 5.95 Å². The summed E-state index contributed by atoms with van der Waals surface area (Å²) in [4.78, 5) is 11.7. The first-order valence-corrected chi connectivity index (χ1v) is 5.99. The molecule has 15 heavy (non-hydrogen) atoms. The Hall–Kier alpha value is -0.850. The maximum atomic E-state index is 5.71. The van der Waals surface area contributed by atoms with Gasteiger partial charge in [-0.2, -0.15) is 4.98 Å². The van der Waals surface area contributed by atoms with Crippen molar-refractivity contribution in [1.82, 2.24) is 15.0 Å². The summed E-state index contributed by atoms with van der Waals surface area (Å²) >= 11 is 2.31. The van der Waals surface area contributed by atoms with E-state index < -0.39 is 0 Å². The monoisotopic (exact) mass is 314 g/mol. The molecule has 1 aliphatic carbocycles. The van der Waals surface area contributed by atoms with E-state index in [1.165, 1.54) is 16.4 Å². The Morgan fingerprint density at radius 1 is 1.47 bits per heavy atom.